The summed E-state index contributed by atoms with van der Waals surface area (Å²) in [6, 6.07) is 16.1. The van der Waals surface area contributed by atoms with Gasteiger partial charge in [0, 0.05) is 24.5 Å². The first-order valence-electron chi connectivity index (χ1n) is 9.88. The van der Waals surface area contributed by atoms with E-state index in [0.29, 0.717) is 17.8 Å². The van der Waals surface area contributed by atoms with Crippen LogP contribution in [-0.2, 0) is 11.2 Å². The summed E-state index contributed by atoms with van der Waals surface area (Å²) in [5.74, 6) is -0.231. The molecular formula is C22H28N4O2. The maximum Gasteiger partial charge on any atom is 0.321 e. The number of nitrogens with one attached hydrogen (secondary N) is 2. The van der Waals surface area contributed by atoms with Crippen LogP contribution in [0.3, 0.4) is 0 Å². The van der Waals surface area contributed by atoms with E-state index in [-0.39, 0.29) is 11.9 Å². The zero-order valence-electron chi connectivity index (χ0n) is 16.1. The van der Waals surface area contributed by atoms with E-state index in [9.17, 15) is 9.59 Å². The van der Waals surface area contributed by atoms with Crippen molar-refractivity contribution in [3.8, 4) is 0 Å². The number of carbonyl (C=O) groups excluding carboxylic acids is 2. The van der Waals surface area contributed by atoms with Gasteiger partial charge in [-0.1, -0.05) is 43.2 Å². The quantitative estimate of drug-likeness (QED) is 0.740. The van der Waals surface area contributed by atoms with Gasteiger partial charge in [0.1, 0.15) is 0 Å². The maximum absolute atomic E-state index is 12.4. The highest BCUT2D eigenvalue weighted by Crippen LogP contribution is 2.16. The molecule has 1 aliphatic heterocycles. The fourth-order valence-electron chi connectivity index (χ4n) is 3.31. The lowest BCUT2D eigenvalue weighted by atomic mass is 10.1. The largest absolute Gasteiger partial charge is 0.325 e. The monoisotopic (exact) mass is 380 g/mol. The normalized spacial score (nSPS) is 15.4. The van der Waals surface area contributed by atoms with Gasteiger partial charge in [0.15, 0.2) is 0 Å². The van der Waals surface area contributed by atoms with Crippen LogP contribution in [-0.4, -0.2) is 36.0 Å². The van der Waals surface area contributed by atoms with E-state index in [1.165, 1.54) is 12.8 Å². The molecule has 28 heavy (non-hydrogen) atoms. The summed E-state index contributed by atoms with van der Waals surface area (Å²) in [7, 11) is 0. The zero-order chi connectivity index (χ0) is 19.8. The van der Waals surface area contributed by atoms with E-state index in [4.69, 9.17) is 5.73 Å². The van der Waals surface area contributed by atoms with Crippen LogP contribution in [0.15, 0.2) is 54.6 Å². The third-order valence-electron chi connectivity index (χ3n) is 4.93. The number of carbonyl (C=O) groups is 2. The molecule has 6 nitrogen and oxygen atoms in total. The van der Waals surface area contributed by atoms with E-state index >= 15 is 0 Å². The Balaban J connectivity index is 1.50. The van der Waals surface area contributed by atoms with Crippen LogP contribution in [0, 0.1) is 0 Å². The number of likely N-dealkylation sites (tertiary alicyclic amines) is 1. The summed E-state index contributed by atoms with van der Waals surface area (Å²) in [6.07, 6.45) is 4.97. The topological polar surface area (TPSA) is 87.5 Å². The van der Waals surface area contributed by atoms with Gasteiger partial charge < -0.3 is 21.3 Å². The third-order valence-corrected chi connectivity index (χ3v) is 4.93. The van der Waals surface area contributed by atoms with Gasteiger partial charge in [0.05, 0.1) is 6.04 Å². The Kier molecular flexibility index (Phi) is 7.03. The average molecular weight is 380 g/mol. The number of benzene rings is 2. The summed E-state index contributed by atoms with van der Waals surface area (Å²) in [5.41, 5.74) is 8.40. The highest BCUT2D eigenvalue weighted by molar-refractivity contribution is 5.95. The second-order valence-electron chi connectivity index (χ2n) is 7.19. The van der Waals surface area contributed by atoms with Crippen LogP contribution in [0.2, 0.25) is 0 Å². The molecule has 0 aliphatic carbocycles. The van der Waals surface area contributed by atoms with Crippen molar-refractivity contribution in [2.45, 2.75) is 38.1 Å². The van der Waals surface area contributed by atoms with E-state index in [1.807, 2.05) is 35.2 Å². The van der Waals surface area contributed by atoms with Crippen LogP contribution in [0.4, 0.5) is 16.2 Å². The third kappa shape index (κ3) is 5.82. The lowest BCUT2D eigenvalue weighted by molar-refractivity contribution is -0.117. The summed E-state index contributed by atoms with van der Waals surface area (Å²) < 4.78 is 0. The van der Waals surface area contributed by atoms with E-state index in [1.54, 1.807) is 24.3 Å². The van der Waals surface area contributed by atoms with Gasteiger partial charge in [-0.25, -0.2) is 4.79 Å². The van der Waals surface area contributed by atoms with Crippen molar-refractivity contribution in [3.05, 3.63) is 60.2 Å². The Hall–Kier alpha value is -2.86. The lowest BCUT2D eigenvalue weighted by Gasteiger charge is -2.21. The standard InChI is InChI=1S/C22H28N4O2/c23-20(16-17-8-4-3-5-9-17)21(27)24-18-10-12-19(13-11-18)25-22(28)26-14-6-1-2-7-15-26/h3-5,8-13,20H,1-2,6-7,14-16,23H2,(H,24,27)(H,25,28)/t20-/m0/s1. The molecule has 2 aromatic rings. The minimum atomic E-state index is -0.621. The zero-order valence-corrected chi connectivity index (χ0v) is 16.1. The van der Waals surface area contributed by atoms with Gasteiger partial charge in [0.25, 0.3) is 0 Å². The van der Waals surface area contributed by atoms with Crippen molar-refractivity contribution < 1.29 is 9.59 Å². The first-order valence-corrected chi connectivity index (χ1v) is 9.88. The molecule has 0 radical (unpaired) electrons. The Bertz CT molecular complexity index is 769. The SMILES string of the molecule is N[C@@H](Cc1ccccc1)C(=O)Nc1ccc(NC(=O)N2CCCCCC2)cc1. The molecule has 0 unspecified atom stereocenters. The molecule has 0 bridgehead atoms. The predicted octanol–water partition coefficient (Wildman–Crippen LogP) is 3.60. The fourth-order valence-corrected chi connectivity index (χ4v) is 3.31. The van der Waals surface area contributed by atoms with Crippen molar-refractivity contribution in [1.29, 1.82) is 0 Å². The number of amides is 3. The molecule has 1 saturated heterocycles. The Morgan fingerprint density at radius 3 is 2.04 bits per heavy atom. The fraction of sp³-hybridized carbons (Fsp3) is 0.364. The van der Waals surface area contributed by atoms with E-state index in [0.717, 1.165) is 31.5 Å². The molecule has 3 rings (SSSR count). The molecule has 148 valence electrons. The number of rotatable bonds is 5. The summed E-state index contributed by atoms with van der Waals surface area (Å²) in [5, 5.41) is 5.75. The molecule has 4 N–H and O–H groups in total. The number of hydrogen-bond acceptors (Lipinski definition) is 3. The number of urea groups is 1. The molecule has 0 saturated carbocycles. The Morgan fingerprint density at radius 2 is 1.43 bits per heavy atom. The predicted molar refractivity (Wildman–Crippen MR) is 112 cm³/mol. The van der Waals surface area contributed by atoms with Crippen molar-refractivity contribution in [3.63, 3.8) is 0 Å². The van der Waals surface area contributed by atoms with Gasteiger partial charge in [-0.3, -0.25) is 4.79 Å². The highest BCUT2D eigenvalue weighted by atomic mass is 16.2. The molecular weight excluding hydrogens is 352 g/mol. The van der Waals surface area contributed by atoms with Crippen molar-refractivity contribution in [1.82, 2.24) is 4.90 Å². The van der Waals surface area contributed by atoms with E-state index < -0.39 is 6.04 Å². The molecule has 1 atom stereocenters. The molecule has 2 aromatic carbocycles. The molecule has 6 heteroatoms. The summed E-state index contributed by atoms with van der Waals surface area (Å²) in [6.45, 7) is 1.61. The Morgan fingerprint density at radius 1 is 0.857 bits per heavy atom. The number of nitrogens with two attached hydrogens (primary N) is 1. The van der Waals surface area contributed by atoms with Gasteiger partial charge in [-0.15, -0.1) is 0 Å². The minimum Gasteiger partial charge on any atom is -0.325 e. The molecule has 1 heterocycles. The lowest BCUT2D eigenvalue weighted by Crippen LogP contribution is -2.37. The van der Waals surface area contributed by atoms with Gasteiger partial charge >= 0.3 is 6.03 Å². The van der Waals surface area contributed by atoms with Crippen LogP contribution < -0.4 is 16.4 Å². The van der Waals surface area contributed by atoms with Crippen LogP contribution in [0.5, 0.6) is 0 Å². The second kappa shape index (κ2) is 9.90. The van der Waals surface area contributed by atoms with Crippen molar-refractivity contribution in [2.24, 2.45) is 5.73 Å². The summed E-state index contributed by atoms with van der Waals surface area (Å²) in [4.78, 5) is 26.5. The number of anilines is 2. The second-order valence-corrected chi connectivity index (χ2v) is 7.19. The molecule has 0 spiro atoms. The minimum absolute atomic E-state index is 0.0661. The van der Waals surface area contributed by atoms with Gasteiger partial charge in [-0.2, -0.15) is 0 Å². The average Bonchev–Trinajstić information content (AvgIpc) is 3.00. The first kappa shape index (κ1) is 19.9. The van der Waals surface area contributed by atoms with Crippen LogP contribution in [0.1, 0.15) is 31.2 Å². The molecule has 3 amide bonds. The maximum atomic E-state index is 12.4. The van der Waals surface area contributed by atoms with Crippen LogP contribution in [0.25, 0.3) is 0 Å². The molecule has 0 aromatic heterocycles. The molecule has 1 aliphatic rings. The Labute approximate surface area is 166 Å². The summed E-state index contributed by atoms with van der Waals surface area (Å²) >= 11 is 0. The van der Waals surface area contributed by atoms with E-state index in [2.05, 4.69) is 10.6 Å². The molecule has 1 fully saturated rings. The van der Waals surface area contributed by atoms with Crippen molar-refractivity contribution >= 4 is 23.3 Å². The highest BCUT2D eigenvalue weighted by Gasteiger charge is 2.16. The number of hydrogen-bond donors (Lipinski definition) is 3. The van der Waals surface area contributed by atoms with Gasteiger partial charge in [-0.05, 0) is 49.1 Å². The van der Waals surface area contributed by atoms with Gasteiger partial charge in [0.2, 0.25) is 5.91 Å². The first-order chi connectivity index (χ1) is 13.6. The number of nitrogens with zero attached hydrogens (tertiary/aromatic N) is 1. The van der Waals surface area contributed by atoms with Crippen molar-refractivity contribution in [2.75, 3.05) is 23.7 Å². The smallest absolute Gasteiger partial charge is 0.321 e. The van der Waals surface area contributed by atoms with Crippen LogP contribution >= 0.6 is 0 Å².